The van der Waals surface area contributed by atoms with Crippen molar-refractivity contribution in [3.8, 4) is 0 Å². The predicted molar refractivity (Wildman–Crippen MR) is 83.6 cm³/mol. The topological polar surface area (TPSA) is 86.9 Å². The number of nitrogens with zero attached hydrogens (tertiary/aromatic N) is 5. The Kier molecular flexibility index (Phi) is 3.73. The molecule has 1 atom stereocenters. The maximum atomic E-state index is 12.5. The summed E-state index contributed by atoms with van der Waals surface area (Å²) in [4.78, 5) is 16.7. The van der Waals surface area contributed by atoms with Crippen molar-refractivity contribution in [2.24, 2.45) is 7.05 Å². The first-order valence-corrected chi connectivity index (χ1v) is 7.18. The van der Waals surface area contributed by atoms with Crippen LogP contribution in [0.3, 0.4) is 0 Å². The molecule has 0 fully saturated rings. The molecule has 0 saturated carbocycles. The van der Waals surface area contributed by atoms with Gasteiger partial charge in [0.05, 0.1) is 11.8 Å². The van der Waals surface area contributed by atoms with Crippen LogP contribution in [0.2, 0.25) is 0 Å². The summed E-state index contributed by atoms with van der Waals surface area (Å²) in [5.41, 5.74) is 3.00. The number of allylic oxidation sites excluding steroid dienone is 1. The molecule has 8 heteroatoms. The molecule has 8 nitrogen and oxygen atoms in total. The van der Waals surface area contributed by atoms with Crippen molar-refractivity contribution in [1.29, 1.82) is 0 Å². The third kappa shape index (κ3) is 2.41. The Morgan fingerprint density at radius 1 is 1.48 bits per heavy atom. The van der Waals surface area contributed by atoms with Crippen molar-refractivity contribution in [2.75, 3.05) is 11.9 Å². The lowest BCUT2D eigenvalue weighted by Crippen LogP contribution is -2.30. The lowest BCUT2D eigenvalue weighted by molar-refractivity contribution is -0.138. The van der Waals surface area contributed by atoms with E-state index < -0.39 is 12.0 Å². The summed E-state index contributed by atoms with van der Waals surface area (Å²) in [7, 11) is 1.86. The molecular formula is C15H18N6O2. The van der Waals surface area contributed by atoms with Gasteiger partial charge in [-0.1, -0.05) is 12.7 Å². The minimum Gasteiger partial charge on any atom is -0.458 e. The number of esters is 1. The van der Waals surface area contributed by atoms with Gasteiger partial charge < -0.3 is 10.1 Å². The average molecular weight is 314 g/mol. The standard InChI is InChI=1S/C15H18N6O2/c1-5-6-23-14(22)12-9(2)19-15-16-8-18-21(15)13(12)11-7-17-20(4)10(11)3/h5,7-8,13H,1,6H2,2-4H3,(H,16,18,19)/t13-/m0/s1. The first-order chi connectivity index (χ1) is 11.0. The van der Waals surface area contributed by atoms with Gasteiger partial charge in [0.1, 0.15) is 19.0 Å². The first kappa shape index (κ1) is 15.0. The number of carbonyl (C=O) groups is 1. The highest BCUT2D eigenvalue weighted by atomic mass is 16.5. The summed E-state index contributed by atoms with van der Waals surface area (Å²) < 4.78 is 8.68. The Hall–Kier alpha value is -2.90. The van der Waals surface area contributed by atoms with E-state index in [0.29, 0.717) is 17.2 Å². The van der Waals surface area contributed by atoms with E-state index in [1.807, 2.05) is 20.9 Å². The van der Waals surface area contributed by atoms with Crippen LogP contribution in [0, 0.1) is 6.92 Å². The number of hydrogen-bond donors (Lipinski definition) is 1. The summed E-state index contributed by atoms with van der Waals surface area (Å²) in [6, 6.07) is -0.431. The highest BCUT2D eigenvalue weighted by Gasteiger charge is 2.36. The van der Waals surface area contributed by atoms with E-state index in [1.54, 1.807) is 15.6 Å². The molecule has 0 bridgehead atoms. The molecule has 23 heavy (non-hydrogen) atoms. The predicted octanol–water partition coefficient (Wildman–Crippen LogP) is 1.34. The number of ether oxygens (including phenoxy) is 1. The van der Waals surface area contributed by atoms with Crippen LogP contribution in [0.5, 0.6) is 0 Å². The lowest BCUT2D eigenvalue weighted by atomic mass is 9.96. The molecule has 0 spiro atoms. The third-order valence-electron chi connectivity index (χ3n) is 3.91. The van der Waals surface area contributed by atoms with E-state index in [9.17, 15) is 4.79 Å². The molecule has 3 heterocycles. The molecule has 1 aliphatic rings. The van der Waals surface area contributed by atoms with Gasteiger partial charge in [0, 0.05) is 24.0 Å². The second-order valence-electron chi connectivity index (χ2n) is 5.29. The molecule has 2 aromatic heterocycles. The van der Waals surface area contributed by atoms with Gasteiger partial charge in [-0.2, -0.15) is 15.2 Å². The second-order valence-corrected chi connectivity index (χ2v) is 5.29. The molecule has 0 aliphatic carbocycles. The summed E-state index contributed by atoms with van der Waals surface area (Å²) in [5.74, 6) is 0.167. The van der Waals surface area contributed by atoms with Crippen molar-refractivity contribution < 1.29 is 9.53 Å². The van der Waals surface area contributed by atoms with E-state index >= 15 is 0 Å². The molecule has 1 aliphatic heterocycles. The number of anilines is 1. The van der Waals surface area contributed by atoms with Gasteiger partial charge >= 0.3 is 5.97 Å². The number of rotatable bonds is 4. The molecule has 0 saturated heterocycles. The minimum atomic E-state index is -0.431. The van der Waals surface area contributed by atoms with Crippen LogP contribution in [0.1, 0.15) is 24.2 Å². The molecule has 1 N–H and O–H groups in total. The number of aromatic nitrogens is 5. The fourth-order valence-corrected chi connectivity index (χ4v) is 2.64. The van der Waals surface area contributed by atoms with Crippen LogP contribution >= 0.6 is 0 Å². The smallest absolute Gasteiger partial charge is 0.338 e. The summed E-state index contributed by atoms with van der Waals surface area (Å²) in [5, 5.41) is 11.6. The molecule has 0 aromatic carbocycles. The first-order valence-electron chi connectivity index (χ1n) is 7.18. The molecule has 0 amide bonds. The lowest BCUT2D eigenvalue weighted by Gasteiger charge is -2.27. The van der Waals surface area contributed by atoms with Crippen LogP contribution in [-0.4, -0.2) is 37.1 Å². The Bertz CT molecular complexity index is 801. The van der Waals surface area contributed by atoms with Gasteiger partial charge in [-0.05, 0) is 13.8 Å². The minimum absolute atomic E-state index is 0.151. The molecule has 3 rings (SSSR count). The molecule has 120 valence electrons. The normalized spacial score (nSPS) is 16.7. The third-order valence-corrected chi connectivity index (χ3v) is 3.91. The van der Waals surface area contributed by atoms with Crippen molar-refractivity contribution >= 4 is 11.9 Å². The number of hydrogen-bond acceptors (Lipinski definition) is 6. The Morgan fingerprint density at radius 2 is 2.26 bits per heavy atom. The monoisotopic (exact) mass is 314 g/mol. The van der Waals surface area contributed by atoms with Crippen molar-refractivity contribution in [1.82, 2.24) is 24.5 Å². The van der Waals surface area contributed by atoms with Crippen LogP contribution in [0.25, 0.3) is 0 Å². The van der Waals surface area contributed by atoms with Gasteiger partial charge in [-0.15, -0.1) is 0 Å². The van der Waals surface area contributed by atoms with Crippen molar-refractivity contribution in [3.63, 3.8) is 0 Å². The SMILES string of the molecule is C=CCOC(=O)C1=C(C)Nc2ncnn2[C@H]1c1cnn(C)c1C. The zero-order valence-electron chi connectivity index (χ0n) is 13.3. The van der Waals surface area contributed by atoms with E-state index in [4.69, 9.17) is 4.74 Å². The number of fused-ring (bicyclic) bond motifs is 1. The molecule has 0 unspecified atom stereocenters. The van der Waals surface area contributed by atoms with E-state index in [0.717, 1.165) is 11.3 Å². The maximum absolute atomic E-state index is 12.5. The van der Waals surface area contributed by atoms with Crippen LogP contribution in [0.4, 0.5) is 5.95 Å². The van der Waals surface area contributed by atoms with Crippen molar-refractivity contribution in [3.05, 3.63) is 47.7 Å². The quantitative estimate of drug-likeness (QED) is 0.677. The van der Waals surface area contributed by atoms with E-state index in [1.165, 1.54) is 12.4 Å². The van der Waals surface area contributed by atoms with Gasteiger partial charge in [-0.25, -0.2) is 9.48 Å². The van der Waals surface area contributed by atoms with Crippen LogP contribution in [0.15, 0.2) is 36.4 Å². The number of aryl methyl sites for hydroxylation is 1. The summed E-state index contributed by atoms with van der Waals surface area (Å²) in [6.07, 6.45) is 4.73. The summed E-state index contributed by atoms with van der Waals surface area (Å²) >= 11 is 0. The second kappa shape index (κ2) is 5.71. The summed E-state index contributed by atoms with van der Waals surface area (Å²) in [6.45, 7) is 7.49. The van der Waals surface area contributed by atoms with Crippen LogP contribution < -0.4 is 5.32 Å². The average Bonchev–Trinajstić information content (AvgIpc) is 3.11. The maximum Gasteiger partial charge on any atom is 0.338 e. The molecule has 2 aromatic rings. The highest BCUT2D eigenvalue weighted by molar-refractivity contribution is 5.92. The van der Waals surface area contributed by atoms with Gasteiger partial charge in [0.15, 0.2) is 0 Å². The van der Waals surface area contributed by atoms with E-state index in [-0.39, 0.29) is 6.61 Å². The number of carbonyl (C=O) groups excluding carboxylic acids is 1. The zero-order valence-corrected chi connectivity index (χ0v) is 13.3. The Balaban J connectivity index is 2.13. The van der Waals surface area contributed by atoms with Crippen molar-refractivity contribution in [2.45, 2.75) is 19.9 Å². The zero-order chi connectivity index (χ0) is 16.6. The fourth-order valence-electron chi connectivity index (χ4n) is 2.64. The Labute approximate surface area is 133 Å². The van der Waals surface area contributed by atoms with E-state index in [2.05, 4.69) is 27.1 Å². The largest absolute Gasteiger partial charge is 0.458 e. The molecule has 0 radical (unpaired) electrons. The fraction of sp³-hybridized carbons (Fsp3) is 0.333. The molecular weight excluding hydrogens is 296 g/mol. The highest BCUT2D eigenvalue weighted by Crippen LogP contribution is 2.36. The van der Waals surface area contributed by atoms with Gasteiger partial charge in [-0.3, -0.25) is 4.68 Å². The van der Waals surface area contributed by atoms with Gasteiger partial charge in [0.25, 0.3) is 0 Å². The number of nitrogens with one attached hydrogen (secondary N) is 1. The van der Waals surface area contributed by atoms with Gasteiger partial charge in [0.2, 0.25) is 5.95 Å². The Morgan fingerprint density at radius 3 is 2.91 bits per heavy atom. The van der Waals surface area contributed by atoms with Crippen LogP contribution in [-0.2, 0) is 16.6 Å².